The number of aryl methyl sites for hydroxylation is 1. The number of halogens is 2. The van der Waals surface area contributed by atoms with E-state index in [9.17, 15) is 4.79 Å². The summed E-state index contributed by atoms with van der Waals surface area (Å²) >= 11 is 12.0. The second-order valence-corrected chi connectivity index (χ2v) is 7.23. The van der Waals surface area contributed by atoms with Gasteiger partial charge in [0.2, 0.25) is 5.91 Å². The van der Waals surface area contributed by atoms with E-state index in [1.165, 1.54) is 5.56 Å². The third kappa shape index (κ3) is 4.97. The molecule has 0 spiro atoms. The number of piperazine rings is 1. The van der Waals surface area contributed by atoms with E-state index in [4.69, 9.17) is 23.2 Å². The van der Waals surface area contributed by atoms with Crippen LogP contribution in [0.5, 0.6) is 0 Å². The van der Waals surface area contributed by atoms with Gasteiger partial charge in [0, 0.05) is 46.0 Å². The standard InChI is InChI=1S/C18H22Cl2N4O/c1-22-13-15(12-21-22)11-18(25)24-8-6-23(7-9-24)5-4-14-2-3-16(19)17(20)10-14/h2-3,10,12-13H,4-9,11H2,1H3. The minimum Gasteiger partial charge on any atom is -0.340 e. The molecule has 7 heteroatoms. The van der Waals surface area contributed by atoms with Crippen LogP contribution >= 0.6 is 23.2 Å². The van der Waals surface area contributed by atoms with Crippen molar-refractivity contribution in [2.75, 3.05) is 32.7 Å². The Morgan fingerprint density at radius 3 is 2.52 bits per heavy atom. The minimum absolute atomic E-state index is 0.178. The van der Waals surface area contributed by atoms with Gasteiger partial charge in [0.05, 0.1) is 22.7 Å². The van der Waals surface area contributed by atoms with Crippen LogP contribution in [-0.4, -0.2) is 58.2 Å². The van der Waals surface area contributed by atoms with Crippen LogP contribution in [0.25, 0.3) is 0 Å². The Morgan fingerprint density at radius 1 is 1.12 bits per heavy atom. The van der Waals surface area contributed by atoms with Gasteiger partial charge in [-0.2, -0.15) is 5.10 Å². The molecule has 0 N–H and O–H groups in total. The lowest BCUT2D eigenvalue weighted by Gasteiger charge is -2.34. The van der Waals surface area contributed by atoms with E-state index in [-0.39, 0.29) is 5.91 Å². The number of nitrogens with zero attached hydrogens (tertiary/aromatic N) is 4. The molecule has 134 valence electrons. The smallest absolute Gasteiger partial charge is 0.227 e. The van der Waals surface area contributed by atoms with Gasteiger partial charge in [-0.3, -0.25) is 14.4 Å². The summed E-state index contributed by atoms with van der Waals surface area (Å²) in [5.74, 6) is 0.178. The molecule has 0 atom stereocenters. The molecule has 1 saturated heterocycles. The van der Waals surface area contributed by atoms with Crippen molar-refractivity contribution in [3.05, 3.63) is 51.8 Å². The Balaban J connectivity index is 1.43. The van der Waals surface area contributed by atoms with Crippen LogP contribution in [0.2, 0.25) is 10.0 Å². The molecule has 0 bridgehead atoms. The number of benzene rings is 1. The van der Waals surface area contributed by atoms with E-state index in [2.05, 4.69) is 10.00 Å². The summed E-state index contributed by atoms with van der Waals surface area (Å²) in [6.45, 7) is 4.32. The quantitative estimate of drug-likeness (QED) is 0.800. The van der Waals surface area contributed by atoms with E-state index < -0.39 is 0 Å². The first-order valence-corrected chi connectivity index (χ1v) is 9.18. The third-order valence-corrected chi connectivity index (χ3v) is 5.28. The van der Waals surface area contributed by atoms with E-state index in [1.807, 2.05) is 36.3 Å². The first-order valence-electron chi connectivity index (χ1n) is 8.43. The van der Waals surface area contributed by atoms with Crippen molar-refractivity contribution in [1.82, 2.24) is 19.6 Å². The molecule has 1 aromatic carbocycles. The molecule has 1 amide bonds. The molecule has 3 rings (SSSR count). The molecule has 25 heavy (non-hydrogen) atoms. The number of carbonyl (C=O) groups is 1. The van der Waals surface area contributed by atoms with E-state index in [0.717, 1.165) is 44.7 Å². The summed E-state index contributed by atoms with van der Waals surface area (Å²) in [7, 11) is 1.86. The lowest BCUT2D eigenvalue weighted by Crippen LogP contribution is -2.49. The van der Waals surface area contributed by atoms with E-state index in [0.29, 0.717) is 16.5 Å². The van der Waals surface area contributed by atoms with Gasteiger partial charge in [0.25, 0.3) is 0 Å². The molecule has 5 nitrogen and oxygen atoms in total. The molecular weight excluding hydrogens is 359 g/mol. The summed E-state index contributed by atoms with van der Waals surface area (Å²) in [5, 5.41) is 5.30. The second-order valence-electron chi connectivity index (χ2n) is 6.42. The molecule has 0 aliphatic carbocycles. The van der Waals surface area contributed by atoms with Crippen LogP contribution in [0.4, 0.5) is 0 Å². The van der Waals surface area contributed by atoms with Crippen LogP contribution in [0.3, 0.4) is 0 Å². The molecule has 0 saturated carbocycles. The number of hydrogen-bond acceptors (Lipinski definition) is 3. The molecule has 1 aliphatic heterocycles. The van der Waals surface area contributed by atoms with Gasteiger partial charge >= 0.3 is 0 Å². The number of rotatable bonds is 5. The highest BCUT2D eigenvalue weighted by Gasteiger charge is 2.21. The second kappa shape index (κ2) is 8.21. The highest BCUT2D eigenvalue weighted by molar-refractivity contribution is 6.42. The lowest BCUT2D eigenvalue weighted by molar-refractivity contribution is -0.132. The zero-order valence-electron chi connectivity index (χ0n) is 14.3. The average Bonchev–Trinajstić information content (AvgIpc) is 3.01. The number of aromatic nitrogens is 2. The van der Waals surface area contributed by atoms with Gasteiger partial charge in [0.1, 0.15) is 0 Å². The van der Waals surface area contributed by atoms with E-state index in [1.54, 1.807) is 10.9 Å². The van der Waals surface area contributed by atoms with Gasteiger partial charge < -0.3 is 4.90 Å². The van der Waals surface area contributed by atoms with Gasteiger partial charge in [0.15, 0.2) is 0 Å². The Bertz CT molecular complexity index is 738. The molecular formula is C18H22Cl2N4O. The van der Waals surface area contributed by atoms with Gasteiger partial charge in [-0.05, 0) is 29.7 Å². The molecule has 1 aromatic heterocycles. The Kier molecular flexibility index (Phi) is 5.99. The Labute approximate surface area is 158 Å². The fraction of sp³-hybridized carbons (Fsp3) is 0.444. The largest absolute Gasteiger partial charge is 0.340 e. The molecule has 1 aliphatic rings. The van der Waals surface area contributed by atoms with Crippen molar-refractivity contribution in [1.29, 1.82) is 0 Å². The fourth-order valence-electron chi connectivity index (χ4n) is 3.05. The average molecular weight is 381 g/mol. The SMILES string of the molecule is Cn1cc(CC(=O)N2CCN(CCc3ccc(Cl)c(Cl)c3)CC2)cn1. The maximum Gasteiger partial charge on any atom is 0.227 e. The molecule has 0 radical (unpaired) electrons. The maximum absolute atomic E-state index is 12.4. The predicted octanol–water partition coefficient (Wildman–Crippen LogP) is 2.66. The maximum atomic E-state index is 12.4. The van der Waals surface area contributed by atoms with E-state index >= 15 is 0 Å². The third-order valence-electron chi connectivity index (χ3n) is 4.54. The molecule has 2 heterocycles. The molecule has 1 fully saturated rings. The Morgan fingerprint density at radius 2 is 1.88 bits per heavy atom. The molecule has 2 aromatic rings. The summed E-state index contributed by atoms with van der Waals surface area (Å²) in [6.07, 6.45) is 5.01. The van der Waals surface area contributed by atoms with Crippen molar-refractivity contribution in [3.8, 4) is 0 Å². The minimum atomic E-state index is 0.178. The van der Waals surface area contributed by atoms with Crippen LogP contribution in [0.15, 0.2) is 30.6 Å². The van der Waals surface area contributed by atoms with Gasteiger partial charge in [-0.1, -0.05) is 29.3 Å². The number of carbonyl (C=O) groups excluding carboxylic acids is 1. The summed E-state index contributed by atoms with van der Waals surface area (Å²) in [6, 6.07) is 5.79. The van der Waals surface area contributed by atoms with Crippen molar-refractivity contribution in [3.63, 3.8) is 0 Å². The Hall–Kier alpha value is -1.56. The topological polar surface area (TPSA) is 41.4 Å². The monoisotopic (exact) mass is 380 g/mol. The lowest BCUT2D eigenvalue weighted by atomic mass is 10.1. The zero-order chi connectivity index (χ0) is 17.8. The van der Waals surface area contributed by atoms with Crippen molar-refractivity contribution in [2.24, 2.45) is 7.05 Å². The van der Waals surface area contributed by atoms with Gasteiger partial charge in [-0.25, -0.2) is 0 Å². The predicted molar refractivity (Wildman–Crippen MR) is 100 cm³/mol. The highest BCUT2D eigenvalue weighted by atomic mass is 35.5. The van der Waals surface area contributed by atoms with Crippen LogP contribution in [0.1, 0.15) is 11.1 Å². The van der Waals surface area contributed by atoms with Crippen LogP contribution < -0.4 is 0 Å². The summed E-state index contributed by atoms with van der Waals surface area (Å²) < 4.78 is 1.73. The normalized spacial score (nSPS) is 15.6. The molecule has 0 unspecified atom stereocenters. The summed E-state index contributed by atoms with van der Waals surface area (Å²) in [5.41, 5.74) is 2.15. The first kappa shape index (κ1) is 18.2. The fourth-order valence-corrected chi connectivity index (χ4v) is 3.37. The van der Waals surface area contributed by atoms with Crippen molar-refractivity contribution >= 4 is 29.1 Å². The first-order chi connectivity index (χ1) is 12.0. The van der Waals surface area contributed by atoms with Crippen molar-refractivity contribution < 1.29 is 4.79 Å². The van der Waals surface area contributed by atoms with Crippen LogP contribution in [0, 0.1) is 0 Å². The number of amides is 1. The van der Waals surface area contributed by atoms with Crippen molar-refractivity contribution in [2.45, 2.75) is 12.8 Å². The summed E-state index contributed by atoms with van der Waals surface area (Å²) in [4.78, 5) is 16.7. The number of hydrogen-bond donors (Lipinski definition) is 0. The zero-order valence-corrected chi connectivity index (χ0v) is 15.8. The van der Waals surface area contributed by atoms with Gasteiger partial charge in [-0.15, -0.1) is 0 Å². The van der Waals surface area contributed by atoms with Crippen LogP contribution in [-0.2, 0) is 24.7 Å². The highest BCUT2D eigenvalue weighted by Crippen LogP contribution is 2.23.